The Morgan fingerprint density at radius 2 is 2.05 bits per heavy atom. The molecule has 0 radical (unpaired) electrons. The van der Waals surface area contributed by atoms with Gasteiger partial charge in [-0.1, -0.05) is 12.1 Å². The number of nitrogens with zero attached hydrogens (tertiary/aromatic N) is 3. The van der Waals surface area contributed by atoms with E-state index in [1.807, 2.05) is 24.3 Å². The monoisotopic (exact) mass is 257 g/mol. The number of hydrogen-bond donors (Lipinski definition) is 1. The van der Waals surface area contributed by atoms with Gasteiger partial charge in [0.15, 0.2) is 0 Å². The lowest BCUT2D eigenvalue weighted by atomic mass is 10.3. The molecular weight excluding hydrogens is 242 g/mol. The van der Waals surface area contributed by atoms with Crippen LogP contribution in [0.15, 0.2) is 30.5 Å². The number of aliphatic carboxylic acids is 1. The zero-order chi connectivity index (χ0) is 13.2. The van der Waals surface area contributed by atoms with Crippen LogP contribution in [0.2, 0.25) is 0 Å². The molecule has 1 aliphatic carbocycles. The molecule has 1 aromatic heterocycles. The topological polar surface area (TPSA) is 66.3 Å². The maximum absolute atomic E-state index is 11.0. The fourth-order valence-electron chi connectivity index (χ4n) is 2.11. The van der Waals surface area contributed by atoms with E-state index in [4.69, 9.17) is 5.11 Å². The minimum absolute atomic E-state index is 0.0243. The Morgan fingerprint density at radius 3 is 2.74 bits per heavy atom. The van der Waals surface area contributed by atoms with Gasteiger partial charge in [-0.3, -0.25) is 9.78 Å². The molecule has 0 aliphatic heterocycles. The summed E-state index contributed by atoms with van der Waals surface area (Å²) in [6, 6.07) is 7.61. The van der Waals surface area contributed by atoms with Crippen LogP contribution in [-0.4, -0.2) is 34.1 Å². The molecule has 1 aromatic carbocycles. The highest BCUT2D eigenvalue weighted by atomic mass is 16.4. The first-order valence-electron chi connectivity index (χ1n) is 6.41. The number of carboxylic acids is 1. The second-order valence-corrected chi connectivity index (χ2v) is 4.93. The number of carbonyl (C=O) groups is 1. The maximum Gasteiger partial charge on any atom is 0.323 e. The molecule has 5 heteroatoms. The highest BCUT2D eigenvalue weighted by molar-refractivity contribution is 5.77. The summed E-state index contributed by atoms with van der Waals surface area (Å²) >= 11 is 0. The van der Waals surface area contributed by atoms with Crippen molar-refractivity contribution in [1.29, 1.82) is 0 Å². The summed E-state index contributed by atoms with van der Waals surface area (Å²) in [5, 5.41) is 9.00. The summed E-state index contributed by atoms with van der Waals surface area (Å²) < 4.78 is 0. The Labute approximate surface area is 110 Å². The van der Waals surface area contributed by atoms with E-state index in [9.17, 15) is 4.79 Å². The fourth-order valence-corrected chi connectivity index (χ4v) is 2.11. The van der Waals surface area contributed by atoms with Crippen LogP contribution in [0, 0.1) is 5.92 Å². The van der Waals surface area contributed by atoms with Crippen LogP contribution < -0.4 is 4.90 Å². The van der Waals surface area contributed by atoms with Crippen LogP contribution in [0.4, 0.5) is 5.82 Å². The third-order valence-electron chi connectivity index (χ3n) is 3.26. The summed E-state index contributed by atoms with van der Waals surface area (Å²) in [6.07, 6.45) is 4.02. The lowest BCUT2D eigenvalue weighted by Gasteiger charge is -2.21. The second kappa shape index (κ2) is 4.84. The van der Waals surface area contributed by atoms with E-state index in [1.54, 1.807) is 11.1 Å². The van der Waals surface area contributed by atoms with Crippen LogP contribution >= 0.6 is 0 Å². The smallest absolute Gasteiger partial charge is 0.323 e. The van der Waals surface area contributed by atoms with Crippen LogP contribution in [-0.2, 0) is 4.79 Å². The van der Waals surface area contributed by atoms with Gasteiger partial charge < -0.3 is 10.0 Å². The maximum atomic E-state index is 11.0. The van der Waals surface area contributed by atoms with Gasteiger partial charge in [-0.15, -0.1) is 0 Å². The summed E-state index contributed by atoms with van der Waals surface area (Å²) in [4.78, 5) is 21.6. The van der Waals surface area contributed by atoms with E-state index in [0.29, 0.717) is 11.7 Å². The van der Waals surface area contributed by atoms with E-state index in [0.717, 1.165) is 17.6 Å². The van der Waals surface area contributed by atoms with Crippen LogP contribution in [0.3, 0.4) is 0 Å². The predicted octanol–water partition coefficient (Wildman–Crippen LogP) is 1.93. The summed E-state index contributed by atoms with van der Waals surface area (Å²) in [7, 11) is 0. The van der Waals surface area contributed by atoms with E-state index in [-0.39, 0.29) is 6.54 Å². The zero-order valence-electron chi connectivity index (χ0n) is 10.5. The molecule has 1 heterocycles. The van der Waals surface area contributed by atoms with Gasteiger partial charge in [-0.2, -0.15) is 0 Å². The predicted molar refractivity (Wildman–Crippen MR) is 72.1 cm³/mol. The second-order valence-electron chi connectivity index (χ2n) is 4.93. The van der Waals surface area contributed by atoms with Gasteiger partial charge in [0.2, 0.25) is 0 Å². The molecular formula is C14H15N3O2. The number of anilines is 1. The Hall–Kier alpha value is -2.17. The fraction of sp³-hybridized carbons (Fsp3) is 0.357. The Kier molecular flexibility index (Phi) is 3.03. The molecule has 1 fully saturated rings. The standard InChI is InChI=1S/C14H15N3O2/c18-14(19)9-17(8-10-5-6-10)13-7-15-11-3-1-2-4-12(11)16-13/h1-4,7,10H,5-6,8-9H2,(H,18,19). The van der Waals surface area contributed by atoms with Crippen LogP contribution in [0.1, 0.15) is 12.8 Å². The van der Waals surface area contributed by atoms with Crippen molar-refractivity contribution in [2.45, 2.75) is 12.8 Å². The molecule has 1 saturated carbocycles. The zero-order valence-corrected chi connectivity index (χ0v) is 10.5. The number of para-hydroxylation sites is 2. The third-order valence-corrected chi connectivity index (χ3v) is 3.26. The first kappa shape index (κ1) is 11.9. The first-order valence-corrected chi connectivity index (χ1v) is 6.41. The number of aromatic nitrogens is 2. The number of fused-ring (bicyclic) bond motifs is 1. The Morgan fingerprint density at radius 1 is 1.32 bits per heavy atom. The SMILES string of the molecule is O=C(O)CN(CC1CC1)c1cnc2ccccc2n1. The number of benzene rings is 1. The molecule has 1 aliphatic rings. The van der Waals surface area contributed by atoms with E-state index in [1.165, 1.54) is 12.8 Å². The van der Waals surface area contributed by atoms with Gasteiger partial charge in [-0.25, -0.2) is 4.98 Å². The molecule has 19 heavy (non-hydrogen) atoms. The van der Waals surface area contributed by atoms with Gasteiger partial charge in [0.05, 0.1) is 17.2 Å². The Balaban J connectivity index is 1.91. The summed E-state index contributed by atoms with van der Waals surface area (Å²) in [5.41, 5.74) is 1.62. The van der Waals surface area contributed by atoms with Crippen molar-refractivity contribution in [2.75, 3.05) is 18.0 Å². The molecule has 0 unspecified atom stereocenters. The van der Waals surface area contributed by atoms with E-state index >= 15 is 0 Å². The van der Waals surface area contributed by atoms with Gasteiger partial charge >= 0.3 is 5.97 Å². The normalized spacial score (nSPS) is 14.5. The van der Waals surface area contributed by atoms with Gasteiger partial charge in [0.25, 0.3) is 0 Å². The van der Waals surface area contributed by atoms with Crippen molar-refractivity contribution < 1.29 is 9.90 Å². The Bertz CT molecular complexity index is 610. The minimum Gasteiger partial charge on any atom is -0.480 e. The van der Waals surface area contributed by atoms with E-state index in [2.05, 4.69) is 9.97 Å². The van der Waals surface area contributed by atoms with E-state index < -0.39 is 5.97 Å². The van der Waals surface area contributed by atoms with Crippen molar-refractivity contribution in [2.24, 2.45) is 5.92 Å². The quantitative estimate of drug-likeness (QED) is 0.886. The van der Waals surface area contributed by atoms with Crippen molar-refractivity contribution in [3.63, 3.8) is 0 Å². The third kappa shape index (κ3) is 2.81. The summed E-state index contributed by atoms with van der Waals surface area (Å²) in [6.45, 7) is 0.725. The number of rotatable bonds is 5. The van der Waals surface area contributed by atoms with Gasteiger partial charge in [0, 0.05) is 6.54 Å². The highest BCUT2D eigenvalue weighted by Gasteiger charge is 2.26. The van der Waals surface area contributed by atoms with Crippen molar-refractivity contribution >= 4 is 22.8 Å². The van der Waals surface area contributed by atoms with Gasteiger partial charge in [-0.05, 0) is 30.9 Å². The minimum atomic E-state index is -0.837. The molecule has 0 amide bonds. The molecule has 0 bridgehead atoms. The highest BCUT2D eigenvalue weighted by Crippen LogP contribution is 2.31. The molecule has 5 nitrogen and oxygen atoms in total. The molecule has 2 aromatic rings. The van der Waals surface area contributed by atoms with Crippen molar-refractivity contribution in [3.05, 3.63) is 30.5 Å². The van der Waals surface area contributed by atoms with Gasteiger partial charge in [0.1, 0.15) is 12.4 Å². The van der Waals surface area contributed by atoms with Crippen LogP contribution in [0.5, 0.6) is 0 Å². The molecule has 98 valence electrons. The molecule has 0 atom stereocenters. The van der Waals surface area contributed by atoms with Crippen LogP contribution in [0.25, 0.3) is 11.0 Å². The molecule has 0 spiro atoms. The lowest BCUT2D eigenvalue weighted by molar-refractivity contribution is -0.135. The largest absolute Gasteiger partial charge is 0.480 e. The number of carboxylic acid groups (broad SMARTS) is 1. The lowest BCUT2D eigenvalue weighted by Crippen LogP contribution is -2.32. The first-order chi connectivity index (χ1) is 9.22. The molecule has 1 N–H and O–H groups in total. The molecule has 0 saturated heterocycles. The summed E-state index contributed by atoms with van der Waals surface area (Å²) in [5.74, 6) is 0.413. The van der Waals surface area contributed by atoms with Crippen molar-refractivity contribution in [1.82, 2.24) is 9.97 Å². The molecule has 3 rings (SSSR count). The van der Waals surface area contributed by atoms with Crippen molar-refractivity contribution in [3.8, 4) is 0 Å². The number of hydrogen-bond acceptors (Lipinski definition) is 4. The average Bonchev–Trinajstić information content (AvgIpc) is 3.21. The average molecular weight is 257 g/mol.